The predicted octanol–water partition coefficient (Wildman–Crippen LogP) is 1.56. The first-order valence-corrected chi connectivity index (χ1v) is 6.82. The summed E-state index contributed by atoms with van der Waals surface area (Å²) >= 11 is 0. The highest BCUT2D eigenvalue weighted by atomic mass is 16.4. The van der Waals surface area contributed by atoms with Gasteiger partial charge in [0.25, 0.3) is 0 Å². The molecule has 0 unspecified atom stereocenters. The summed E-state index contributed by atoms with van der Waals surface area (Å²) in [5, 5.41) is 28.4. The van der Waals surface area contributed by atoms with Gasteiger partial charge in [-0.15, -0.1) is 0 Å². The van der Waals surface area contributed by atoms with Crippen molar-refractivity contribution in [3.63, 3.8) is 0 Å². The highest BCUT2D eigenvalue weighted by molar-refractivity contribution is 5.92. The number of nitrogens with zero attached hydrogens (tertiary/aromatic N) is 2. The molecule has 0 aliphatic heterocycles. The molecule has 1 aromatic carbocycles. The standard InChI is InChI=1S/C15H20N2O4/c1-9(2)13-16-11-6-10(14(20)21)4-5-12(11)17(13)15(3,7-18)8-19/h4-6,9,18-19H,7-8H2,1-3H3,(H,20,21). The molecule has 6 nitrogen and oxygen atoms in total. The van der Waals surface area contributed by atoms with Crippen LogP contribution in [0.15, 0.2) is 18.2 Å². The minimum absolute atomic E-state index is 0.0723. The molecule has 0 saturated heterocycles. The van der Waals surface area contributed by atoms with E-state index in [9.17, 15) is 15.0 Å². The van der Waals surface area contributed by atoms with Crippen LogP contribution in [0.2, 0.25) is 0 Å². The number of aliphatic hydroxyl groups excluding tert-OH is 2. The number of benzene rings is 1. The van der Waals surface area contributed by atoms with Crippen molar-refractivity contribution in [3.05, 3.63) is 29.6 Å². The van der Waals surface area contributed by atoms with E-state index in [1.165, 1.54) is 12.1 Å². The van der Waals surface area contributed by atoms with Crippen molar-refractivity contribution < 1.29 is 20.1 Å². The van der Waals surface area contributed by atoms with Crippen LogP contribution < -0.4 is 0 Å². The molecule has 114 valence electrons. The van der Waals surface area contributed by atoms with Gasteiger partial charge >= 0.3 is 5.97 Å². The van der Waals surface area contributed by atoms with Gasteiger partial charge in [0.15, 0.2) is 0 Å². The lowest BCUT2D eigenvalue weighted by Gasteiger charge is -2.30. The maximum Gasteiger partial charge on any atom is 0.335 e. The Labute approximate surface area is 122 Å². The smallest absolute Gasteiger partial charge is 0.335 e. The molecule has 0 atom stereocenters. The fourth-order valence-corrected chi connectivity index (χ4v) is 2.38. The third-order valence-corrected chi connectivity index (χ3v) is 3.66. The van der Waals surface area contributed by atoms with E-state index in [4.69, 9.17) is 5.11 Å². The monoisotopic (exact) mass is 292 g/mol. The second-order valence-electron chi connectivity index (χ2n) is 5.78. The van der Waals surface area contributed by atoms with Crippen LogP contribution in [0.5, 0.6) is 0 Å². The average Bonchev–Trinajstić information content (AvgIpc) is 2.85. The van der Waals surface area contributed by atoms with E-state index in [1.807, 2.05) is 13.8 Å². The first-order chi connectivity index (χ1) is 9.84. The topological polar surface area (TPSA) is 95.6 Å². The minimum Gasteiger partial charge on any atom is -0.478 e. The molecule has 0 bridgehead atoms. The Balaban J connectivity index is 2.78. The number of hydrogen-bond donors (Lipinski definition) is 3. The van der Waals surface area contributed by atoms with E-state index in [0.717, 1.165) is 0 Å². The number of carboxylic acids is 1. The molecule has 2 aromatic rings. The third kappa shape index (κ3) is 2.52. The van der Waals surface area contributed by atoms with Gasteiger partial charge in [-0.3, -0.25) is 0 Å². The number of carboxylic acid groups (broad SMARTS) is 1. The largest absolute Gasteiger partial charge is 0.478 e. The van der Waals surface area contributed by atoms with Gasteiger partial charge in [-0.2, -0.15) is 0 Å². The van der Waals surface area contributed by atoms with Gasteiger partial charge in [-0.25, -0.2) is 9.78 Å². The van der Waals surface area contributed by atoms with Crippen LogP contribution in [0.4, 0.5) is 0 Å². The first-order valence-electron chi connectivity index (χ1n) is 6.82. The summed E-state index contributed by atoms with van der Waals surface area (Å²) in [7, 11) is 0. The Morgan fingerprint density at radius 2 is 1.95 bits per heavy atom. The molecule has 21 heavy (non-hydrogen) atoms. The first kappa shape index (κ1) is 15.5. The van der Waals surface area contributed by atoms with Gasteiger partial charge < -0.3 is 19.9 Å². The van der Waals surface area contributed by atoms with Crippen LogP contribution in [-0.2, 0) is 5.54 Å². The fraction of sp³-hybridized carbons (Fsp3) is 0.467. The second kappa shape index (κ2) is 5.46. The lowest BCUT2D eigenvalue weighted by atomic mass is 10.0. The molecule has 0 aliphatic rings. The summed E-state index contributed by atoms with van der Waals surface area (Å²) in [6.07, 6.45) is 0. The zero-order chi connectivity index (χ0) is 15.8. The van der Waals surface area contributed by atoms with E-state index in [1.54, 1.807) is 17.6 Å². The number of fused-ring (bicyclic) bond motifs is 1. The summed E-state index contributed by atoms with van der Waals surface area (Å²) in [6, 6.07) is 4.68. The summed E-state index contributed by atoms with van der Waals surface area (Å²) in [4.78, 5) is 15.6. The second-order valence-corrected chi connectivity index (χ2v) is 5.78. The molecule has 1 aromatic heterocycles. The zero-order valence-corrected chi connectivity index (χ0v) is 12.4. The third-order valence-electron chi connectivity index (χ3n) is 3.66. The maximum absolute atomic E-state index is 11.1. The van der Waals surface area contributed by atoms with E-state index in [-0.39, 0.29) is 24.7 Å². The van der Waals surface area contributed by atoms with Gasteiger partial charge in [0.05, 0.1) is 35.3 Å². The van der Waals surface area contributed by atoms with E-state index in [2.05, 4.69) is 4.98 Å². The minimum atomic E-state index is -1.01. The molecule has 3 N–H and O–H groups in total. The number of hydrogen-bond acceptors (Lipinski definition) is 4. The normalized spacial score (nSPS) is 12.3. The van der Waals surface area contributed by atoms with Crippen molar-refractivity contribution in [2.24, 2.45) is 0 Å². The molecule has 0 radical (unpaired) electrons. The molecule has 6 heteroatoms. The van der Waals surface area contributed by atoms with E-state index in [0.29, 0.717) is 16.9 Å². The van der Waals surface area contributed by atoms with E-state index < -0.39 is 11.5 Å². The maximum atomic E-state index is 11.1. The van der Waals surface area contributed by atoms with Crippen molar-refractivity contribution in [2.75, 3.05) is 13.2 Å². The number of aliphatic hydroxyl groups is 2. The summed E-state index contributed by atoms with van der Waals surface area (Å²) < 4.78 is 1.80. The molecule has 0 spiro atoms. The molecule has 1 heterocycles. The number of aromatic carboxylic acids is 1. The van der Waals surface area contributed by atoms with Gasteiger partial charge in [0.2, 0.25) is 0 Å². The van der Waals surface area contributed by atoms with Gasteiger partial charge in [-0.1, -0.05) is 13.8 Å². The lowest BCUT2D eigenvalue weighted by molar-refractivity contribution is 0.0696. The lowest BCUT2D eigenvalue weighted by Crippen LogP contribution is -2.39. The summed E-state index contributed by atoms with van der Waals surface area (Å²) in [5.41, 5.74) is 0.525. The highest BCUT2D eigenvalue weighted by Gasteiger charge is 2.30. The fourth-order valence-electron chi connectivity index (χ4n) is 2.38. The Bertz CT molecular complexity index is 672. The van der Waals surface area contributed by atoms with Crippen LogP contribution in [0.25, 0.3) is 11.0 Å². The Hall–Kier alpha value is -1.92. The van der Waals surface area contributed by atoms with Crippen molar-refractivity contribution >= 4 is 17.0 Å². The van der Waals surface area contributed by atoms with Crippen molar-refractivity contribution in [1.29, 1.82) is 0 Å². The van der Waals surface area contributed by atoms with E-state index >= 15 is 0 Å². The number of aromatic nitrogens is 2. The molecule has 0 amide bonds. The highest BCUT2D eigenvalue weighted by Crippen LogP contribution is 2.29. The number of imidazole rings is 1. The molecular weight excluding hydrogens is 272 g/mol. The van der Waals surface area contributed by atoms with Crippen LogP contribution in [-0.4, -0.2) is 44.1 Å². The van der Waals surface area contributed by atoms with Crippen molar-refractivity contribution in [1.82, 2.24) is 9.55 Å². The average molecular weight is 292 g/mol. The summed E-state index contributed by atoms with van der Waals surface area (Å²) in [6.45, 7) is 5.19. The van der Waals surface area contributed by atoms with Crippen molar-refractivity contribution in [3.8, 4) is 0 Å². The molecule has 0 saturated carbocycles. The van der Waals surface area contributed by atoms with Gasteiger partial charge in [-0.05, 0) is 25.1 Å². The Morgan fingerprint density at radius 3 is 2.43 bits per heavy atom. The molecular formula is C15H20N2O4. The van der Waals surface area contributed by atoms with Crippen LogP contribution in [0, 0.1) is 0 Å². The predicted molar refractivity (Wildman–Crippen MR) is 78.6 cm³/mol. The number of carbonyl (C=O) groups is 1. The van der Waals surface area contributed by atoms with Gasteiger partial charge in [0.1, 0.15) is 5.82 Å². The molecule has 0 aliphatic carbocycles. The molecule has 2 rings (SSSR count). The SMILES string of the molecule is CC(C)c1nc2cc(C(=O)O)ccc2n1C(C)(CO)CO. The summed E-state index contributed by atoms with van der Waals surface area (Å²) in [5.74, 6) is -0.231. The number of rotatable bonds is 5. The van der Waals surface area contributed by atoms with Crippen molar-refractivity contribution in [2.45, 2.75) is 32.2 Å². The van der Waals surface area contributed by atoms with Crippen LogP contribution >= 0.6 is 0 Å². The van der Waals surface area contributed by atoms with Crippen LogP contribution in [0.3, 0.4) is 0 Å². The quantitative estimate of drug-likeness (QED) is 0.777. The molecule has 0 fully saturated rings. The Kier molecular flexibility index (Phi) is 4.02. The zero-order valence-electron chi connectivity index (χ0n) is 12.4. The Morgan fingerprint density at radius 1 is 1.33 bits per heavy atom. The van der Waals surface area contributed by atoms with Gasteiger partial charge in [0, 0.05) is 5.92 Å². The van der Waals surface area contributed by atoms with Crippen LogP contribution in [0.1, 0.15) is 42.9 Å².